The Labute approximate surface area is 138 Å². The van der Waals surface area contributed by atoms with Crippen molar-refractivity contribution >= 4 is 17.6 Å². The summed E-state index contributed by atoms with van der Waals surface area (Å²) >= 11 is 0. The molecule has 2 aromatic rings. The number of nitrogens with two attached hydrogens (primary N) is 2. The van der Waals surface area contributed by atoms with E-state index in [1.165, 1.54) is 18.2 Å². The predicted octanol–water partition coefficient (Wildman–Crippen LogP) is 1.31. The molecule has 24 heavy (non-hydrogen) atoms. The van der Waals surface area contributed by atoms with E-state index in [9.17, 15) is 8.78 Å². The fourth-order valence-corrected chi connectivity index (χ4v) is 3.00. The van der Waals surface area contributed by atoms with Crippen molar-refractivity contribution in [2.45, 2.75) is 18.9 Å². The lowest BCUT2D eigenvalue weighted by Crippen LogP contribution is -2.31. The van der Waals surface area contributed by atoms with E-state index in [1.54, 1.807) is 0 Å². The average molecular weight is 334 g/mol. The number of halogens is 2. The van der Waals surface area contributed by atoms with E-state index in [0.717, 1.165) is 19.5 Å². The van der Waals surface area contributed by atoms with Gasteiger partial charge in [0.25, 0.3) is 0 Å². The number of nitrogens with zero attached hydrogens (tertiary/aromatic N) is 3. The molecule has 0 aliphatic carbocycles. The Kier molecular flexibility index (Phi) is 4.48. The molecule has 0 spiro atoms. The molecule has 6 nitrogen and oxygen atoms in total. The third-order valence-electron chi connectivity index (χ3n) is 4.35. The first-order valence-electron chi connectivity index (χ1n) is 7.76. The standard InChI is InChI=1S/C16H20F2N6/c1-21-9-5-6-24(8-9)15-11(14(19)22-16(20)23-15)7-10-12(17)3-2-4-13(10)18/h2-4,9,21H,5-8H2,1H3,(H4,19,20,22,23)/t9-/m1/s1. The Bertz CT molecular complexity index is 731. The van der Waals surface area contributed by atoms with Crippen molar-refractivity contribution in [2.75, 3.05) is 36.5 Å². The van der Waals surface area contributed by atoms with E-state index in [2.05, 4.69) is 15.3 Å². The minimum atomic E-state index is -0.619. The maximum atomic E-state index is 14.0. The van der Waals surface area contributed by atoms with Crippen LogP contribution in [0.25, 0.3) is 0 Å². The number of nitrogen functional groups attached to an aromatic ring is 2. The Hall–Kier alpha value is -2.48. The first-order chi connectivity index (χ1) is 11.5. The van der Waals surface area contributed by atoms with Crippen molar-refractivity contribution in [3.05, 3.63) is 41.0 Å². The van der Waals surface area contributed by atoms with Gasteiger partial charge in [-0.25, -0.2) is 8.78 Å². The summed E-state index contributed by atoms with van der Waals surface area (Å²) in [5.41, 5.74) is 12.1. The number of aromatic nitrogens is 2. The first kappa shape index (κ1) is 16.4. The normalized spacial score (nSPS) is 17.5. The summed E-state index contributed by atoms with van der Waals surface area (Å²) in [5, 5.41) is 3.21. The van der Waals surface area contributed by atoms with Gasteiger partial charge in [0.1, 0.15) is 23.3 Å². The van der Waals surface area contributed by atoms with Crippen molar-refractivity contribution in [3.8, 4) is 0 Å². The van der Waals surface area contributed by atoms with Crippen LogP contribution in [0.3, 0.4) is 0 Å². The van der Waals surface area contributed by atoms with Crippen LogP contribution in [-0.2, 0) is 6.42 Å². The van der Waals surface area contributed by atoms with Gasteiger partial charge in [-0.1, -0.05) is 6.07 Å². The van der Waals surface area contributed by atoms with E-state index in [0.29, 0.717) is 17.4 Å². The molecule has 1 fully saturated rings. The number of likely N-dealkylation sites (N-methyl/N-ethyl adjacent to an activating group) is 1. The number of nitrogens with one attached hydrogen (secondary N) is 1. The molecule has 1 aromatic carbocycles. The Morgan fingerprint density at radius 3 is 2.54 bits per heavy atom. The van der Waals surface area contributed by atoms with Gasteiger partial charge < -0.3 is 21.7 Å². The molecule has 0 bridgehead atoms. The fourth-order valence-electron chi connectivity index (χ4n) is 3.00. The summed E-state index contributed by atoms with van der Waals surface area (Å²) in [7, 11) is 1.90. The zero-order chi connectivity index (χ0) is 17.3. The van der Waals surface area contributed by atoms with Crippen molar-refractivity contribution in [3.63, 3.8) is 0 Å². The van der Waals surface area contributed by atoms with Crippen molar-refractivity contribution in [2.24, 2.45) is 0 Å². The molecular formula is C16H20F2N6. The van der Waals surface area contributed by atoms with E-state index in [-0.39, 0.29) is 23.8 Å². The second-order valence-corrected chi connectivity index (χ2v) is 5.87. The molecule has 3 rings (SSSR count). The highest BCUT2D eigenvalue weighted by atomic mass is 19.1. The van der Waals surface area contributed by atoms with Crippen LogP contribution in [0, 0.1) is 11.6 Å². The molecule has 2 heterocycles. The van der Waals surface area contributed by atoms with Crippen LogP contribution in [0.2, 0.25) is 0 Å². The van der Waals surface area contributed by atoms with E-state index in [4.69, 9.17) is 11.5 Å². The molecule has 1 atom stereocenters. The monoisotopic (exact) mass is 334 g/mol. The second kappa shape index (κ2) is 6.56. The SMILES string of the molecule is CN[C@@H]1CCN(c2nc(N)nc(N)c2Cc2c(F)cccc2F)C1. The number of hydrogen-bond donors (Lipinski definition) is 3. The minimum Gasteiger partial charge on any atom is -0.383 e. The molecule has 1 aliphatic rings. The maximum Gasteiger partial charge on any atom is 0.223 e. The molecule has 0 amide bonds. The van der Waals surface area contributed by atoms with Crippen LogP contribution in [-0.4, -0.2) is 36.1 Å². The molecule has 5 N–H and O–H groups in total. The Morgan fingerprint density at radius 1 is 1.21 bits per heavy atom. The van der Waals surface area contributed by atoms with Gasteiger partial charge in [-0.3, -0.25) is 0 Å². The highest BCUT2D eigenvalue weighted by molar-refractivity contribution is 5.61. The van der Waals surface area contributed by atoms with Gasteiger partial charge in [-0.15, -0.1) is 0 Å². The Balaban J connectivity index is 2.01. The topological polar surface area (TPSA) is 93.1 Å². The first-order valence-corrected chi connectivity index (χ1v) is 7.76. The van der Waals surface area contributed by atoms with E-state index < -0.39 is 11.6 Å². The van der Waals surface area contributed by atoms with Crippen molar-refractivity contribution < 1.29 is 8.78 Å². The molecular weight excluding hydrogens is 314 g/mol. The summed E-state index contributed by atoms with van der Waals surface area (Å²) in [4.78, 5) is 10.3. The zero-order valence-electron chi connectivity index (χ0n) is 13.4. The molecule has 1 saturated heterocycles. The molecule has 1 aliphatic heterocycles. The van der Waals surface area contributed by atoms with Crippen LogP contribution in [0.15, 0.2) is 18.2 Å². The summed E-state index contributed by atoms with van der Waals surface area (Å²) in [5.74, 6) is -0.500. The van der Waals surface area contributed by atoms with Crippen molar-refractivity contribution in [1.82, 2.24) is 15.3 Å². The number of benzene rings is 1. The molecule has 1 aromatic heterocycles. The lowest BCUT2D eigenvalue weighted by atomic mass is 10.0. The van der Waals surface area contributed by atoms with Crippen LogP contribution in [0.1, 0.15) is 17.5 Å². The lowest BCUT2D eigenvalue weighted by Gasteiger charge is -2.22. The summed E-state index contributed by atoms with van der Waals surface area (Å²) in [6.07, 6.45) is 0.911. The minimum absolute atomic E-state index is 0.0271. The molecule has 0 radical (unpaired) electrons. The molecule has 128 valence electrons. The molecule has 8 heteroatoms. The van der Waals surface area contributed by atoms with Gasteiger partial charge in [-0.05, 0) is 25.6 Å². The largest absolute Gasteiger partial charge is 0.383 e. The second-order valence-electron chi connectivity index (χ2n) is 5.87. The number of anilines is 3. The average Bonchev–Trinajstić information content (AvgIpc) is 3.01. The summed E-state index contributed by atoms with van der Waals surface area (Å²) < 4.78 is 28.0. The number of hydrogen-bond acceptors (Lipinski definition) is 6. The highest BCUT2D eigenvalue weighted by Gasteiger charge is 2.26. The Morgan fingerprint density at radius 2 is 1.92 bits per heavy atom. The maximum absolute atomic E-state index is 14.0. The third-order valence-corrected chi connectivity index (χ3v) is 4.35. The smallest absolute Gasteiger partial charge is 0.223 e. The van der Waals surface area contributed by atoms with Crippen LogP contribution in [0.5, 0.6) is 0 Å². The van der Waals surface area contributed by atoms with Gasteiger partial charge >= 0.3 is 0 Å². The molecule has 0 saturated carbocycles. The quantitative estimate of drug-likeness (QED) is 0.781. The lowest BCUT2D eigenvalue weighted by molar-refractivity contribution is 0.561. The van der Waals surface area contributed by atoms with E-state index >= 15 is 0 Å². The van der Waals surface area contributed by atoms with Crippen LogP contribution < -0.4 is 21.7 Å². The predicted molar refractivity (Wildman–Crippen MR) is 89.7 cm³/mol. The summed E-state index contributed by atoms with van der Waals surface area (Å²) in [6, 6.07) is 4.09. The van der Waals surface area contributed by atoms with Crippen LogP contribution >= 0.6 is 0 Å². The van der Waals surface area contributed by atoms with Gasteiger partial charge in [0.05, 0.1) is 0 Å². The number of rotatable bonds is 4. The van der Waals surface area contributed by atoms with Crippen molar-refractivity contribution in [1.29, 1.82) is 0 Å². The molecule has 0 unspecified atom stereocenters. The third kappa shape index (κ3) is 3.09. The van der Waals surface area contributed by atoms with Gasteiger partial charge in [0.15, 0.2) is 0 Å². The van der Waals surface area contributed by atoms with Gasteiger partial charge in [0, 0.05) is 36.7 Å². The highest BCUT2D eigenvalue weighted by Crippen LogP contribution is 2.30. The van der Waals surface area contributed by atoms with Gasteiger partial charge in [-0.2, -0.15) is 9.97 Å². The summed E-state index contributed by atoms with van der Waals surface area (Å²) in [6.45, 7) is 1.48. The zero-order valence-corrected chi connectivity index (χ0v) is 13.4. The van der Waals surface area contributed by atoms with E-state index in [1.807, 2.05) is 11.9 Å². The fraction of sp³-hybridized carbons (Fsp3) is 0.375. The van der Waals surface area contributed by atoms with Gasteiger partial charge in [0.2, 0.25) is 5.95 Å². The van der Waals surface area contributed by atoms with Crippen LogP contribution in [0.4, 0.5) is 26.4 Å².